The van der Waals surface area contributed by atoms with Crippen molar-refractivity contribution in [1.82, 2.24) is 15.3 Å². The van der Waals surface area contributed by atoms with Crippen LogP contribution >= 0.6 is 11.8 Å². The van der Waals surface area contributed by atoms with Crippen molar-refractivity contribution in [3.05, 3.63) is 30.2 Å². The molecule has 9 heteroatoms. The van der Waals surface area contributed by atoms with E-state index in [1.54, 1.807) is 12.1 Å². The highest BCUT2D eigenvalue weighted by Crippen LogP contribution is 2.32. The van der Waals surface area contributed by atoms with Crippen molar-refractivity contribution >= 4 is 17.7 Å². The van der Waals surface area contributed by atoms with Crippen molar-refractivity contribution in [2.24, 2.45) is 0 Å². The second kappa shape index (κ2) is 8.77. The third-order valence-corrected chi connectivity index (χ3v) is 5.20. The Labute approximate surface area is 159 Å². The second-order valence-electron chi connectivity index (χ2n) is 6.40. The molecule has 0 aromatic carbocycles. The lowest BCUT2D eigenvalue weighted by Gasteiger charge is -2.11. The van der Waals surface area contributed by atoms with Gasteiger partial charge in [-0.1, -0.05) is 24.6 Å². The number of carbonyl (C=O) groups excluding carboxylic acids is 1. The summed E-state index contributed by atoms with van der Waals surface area (Å²) in [6.45, 7) is 0. The zero-order chi connectivity index (χ0) is 19.3. The third kappa shape index (κ3) is 5.72. The SMILES string of the molecule is O=C(CCCSc1nc(-c2ccco2)cc(C(F)(F)F)n1)NC1CCCC1. The molecule has 0 aliphatic heterocycles. The number of alkyl halides is 3. The maximum atomic E-state index is 13.1. The van der Waals surface area contributed by atoms with Crippen molar-refractivity contribution in [1.29, 1.82) is 0 Å². The molecule has 146 valence electrons. The molecule has 2 heterocycles. The van der Waals surface area contributed by atoms with E-state index in [1.165, 1.54) is 6.26 Å². The summed E-state index contributed by atoms with van der Waals surface area (Å²) >= 11 is 1.10. The highest BCUT2D eigenvalue weighted by atomic mass is 32.2. The summed E-state index contributed by atoms with van der Waals surface area (Å²) in [6, 6.07) is 4.27. The Morgan fingerprint density at radius 1 is 1.30 bits per heavy atom. The van der Waals surface area contributed by atoms with E-state index in [4.69, 9.17) is 4.42 Å². The van der Waals surface area contributed by atoms with Gasteiger partial charge >= 0.3 is 6.18 Å². The van der Waals surface area contributed by atoms with E-state index in [9.17, 15) is 18.0 Å². The number of aromatic nitrogens is 2. The van der Waals surface area contributed by atoms with Crippen LogP contribution in [-0.4, -0.2) is 27.7 Å². The van der Waals surface area contributed by atoms with E-state index in [-0.39, 0.29) is 28.6 Å². The van der Waals surface area contributed by atoms with Gasteiger partial charge < -0.3 is 9.73 Å². The number of thioether (sulfide) groups is 1. The van der Waals surface area contributed by atoms with Crippen LogP contribution in [0.3, 0.4) is 0 Å². The number of furan rings is 1. The molecular formula is C18H20F3N3O2S. The lowest BCUT2D eigenvalue weighted by atomic mass is 10.2. The van der Waals surface area contributed by atoms with Gasteiger partial charge in [-0.05, 0) is 37.5 Å². The Morgan fingerprint density at radius 3 is 2.74 bits per heavy atom. The maximum Gasteiger partial charge on any atom is 0.433 e. The number of nitrogens with one attached hydrogen (secondary N) is 1. The second-order valence-corrected chi connectivity index (χ2v) is 7.46. The molecular weight excluding hydrogens is 379 g/mol. The van der Waals surface area contributed by atoms with E-state index in [2.05, 4.69) is 15.3 Å². The minimum atomic E-state index is -4.57. The largest absolute Gasteiger partial charge is 0.463 e. The predicted molar refractivity (Wildman–Crippen MR) is 95.1 cm³/mol. The molecule has 2 aromatic heterocycles. The molecule has 0 spiro atoms. The van der Waals surface area contributed by atoms with E-state index in [1.807, 2.05) is 0 Å². The van der Waals surface area contributed by atoms with Gasteiger partial charge in [-0.25, -0.2) is 9.97 Å². The summed E-state index contributed by atoms with van der Waals surface area (Å²) in [4.78, 5) is 19.6. The summed E-state index contributed by atoms with van der Waals surface area (Å²) in [5.74, 6) is 0.696. The van der Waals surface area contributed by atoms with E-state index >= 15 is 0 Å². The summed E-state index contributed by atoms with van der Waals surface area (Å²) in [6.07, 6.45) is 2.02. The first-order valence-electron chi connectivity index (χ1n) is 8.84. The van der Waals surface area contributed by atoms with Gasteiger partial charge in [0.2, 0.25) is 5.91 Å². The number of rotatable bonds is 7. The molecule has 27 heavy (non-hydrogen) atoms. The van der Waals surface area contributed by atoms with Gasteiger partial charge in [-0.3, -0.25) is 4.79 Å². The molecule has 2 aromatic rings. The predicted octanol–water partition coefficient (Wildman–Crippen LogP) is 4.69. The summed E-state index contributed by atoms with van der Waals surface area (Å²) in [7, 11) is 0. The summed E-state index contributed by atoms with van der Waals surface area (Å²) in [5.41, 5.74) is -0.922. The van der Waals surface area contributed by atoms with Gasteiger partial charge in [-0.15, -0.1) is 0 Å². The normalized spacial score (nSPS) is 15.2. The molecule has 0 radical (unpaired) electrons. The van der Waals surface area contributed by atoms with Crippen LogP contribution < -0.4 is 5.32 Å². The Balaban J connectivity index is 1.57. The fourth-order valence-corrected chi connectivity index (χ4v) is 3.75. The minimum absolute atomic E-state index is 0.0104. The number of carbonyl (C=O) groups is 1. The molecule has 0 atom stereocenters. The number of hydrogen-bond acceptors (Lipinski definition) is 5. The van der Waals surface area contributed by atoms with Crippen molar-refractivity contribution in [3.8, 4) is 11.5 Å². The maximum absolute atomic E-state index is 13.1. The average Bonchev–Trinajstić information content (AvgIpc) is 3.31. The standard InChI is InChI=1S/C18H20F3N3O2S/c19-18(20,21)15-11-13(14-7-3-9-26-14)23-17(24-15)27-10-4-8-16(25)22-12-5-1-2-6-12/h3,7,9,11-12H,1-2,4-6,8,10H2,(H,22,25). The zero-order valence-corrected chi connectivity index (χ0v) is 15.4. The molecule has 1 N–H and O–H groups in total. The molecule has 5 nitrogen and oxygen atoms in total. The molecule has 0 unspecified atom stereocenters. The first-order chi connectivity index (χ1) is 12.9. The van der Waals surface area contributed by atoms with Crippen molar-refractivity contribution in [3.63, 3.8) is 0 Å². The van der Waals surface area contributed by atoms with Gasteiger partial charge in [-0.2, -0.15) is 13.2 Å². The monoisotopic (exact) mass is 399 g/mol. The van der Waals surface area contributed by atoms with Crippen LogP contribution in [0.1, 0.15) is 44.2 Å². The average molecular weight is 399 g/mol. The summed E-state index contributed by atoms with van der Waals surface area (Å²) in [5, 5.41) is 3.01. The van der Waals surface area contributed by atoms with Crippen LogP contribution in [0.2, 0.25) is 0 Å². The van der Waals surface area contributed by atoms with Gasteiger partial charge in [0.15, 0.2) is 10.9 Å². The highest BCUT2D eigenvalue weighted by molar-refractivity contribution is 7.99. The lowest BCUT2D eigenvalue weighted by molar-refractivity contribution is -0.141. The van der Waals surface area contributed by atoms with Gasteiger partial charge in [0.25, 0.3) is 0 Å². The fourth-order valence-electron chi connectivity index (χ4n) is 2.95. The summed E-state index contributed by atoms with van der Waals surface area (Å²) < 4.78 is 44.4. The molecule has 0 bridgehead atoms. The van der Waals surface area contributed by atoms with Gasteiger partial charge in [0.05, 0.1) is 6.26 Å². The fraction of sp³-hybridized carbons (Fsp3) is 0.500. The number of hydrogen-bond donors (Lipinski definition) is 1. The van der Waals surface area contributed by atoms with Gasteiger partial charge in [0, 0.05) is 18.2 Å². The number of amides is 1. The van der Waals surface area contributed by atoms with Crippen molar-refractivity contribution in [2.45, 2.75) is 55.9 Å². The van der Waals surface area contributed by atoms with Gasteiger partial charge in [0.1, 0.15) is 11.4 Å². The first kappa shape index (κ1) is 19.7. The zero-order valence-electron chi connectivity index (χ0n) is 14.6. The molecule has 0 saturated heterocycles. The van der Waals surface area contributed by atoms with E-state index in [0.29, 0.717) is 18.6 Å². The topological polar surface area (TPSA) is 68.0 Å². The van der Waals surface area contributed by atoms with Crippen LogP contribution in [0.25, 0.3) is 11.5 Å². The van der Waals surface area contributed by atoms with E-state index in [0.717, 1.165) is 43.5 Å². The van der Waals surface area contributed by atoms with Crippen LogP contribution in [0, 0.1) is 0 Å². The molecule has 1 aliphatic rings. The minimum Gasteiger partial charge on any atom is -0.463 e. The number of nitrogens with zero attached hydrogens (tertiary/aromatic N) is 2. The third-order valence-electron chi connectivity index (χ3n) is 4.27. The quantitative estimate of drug-likeness (QED) is 0.416. The first-order valence-corrected chi connectivity index (χ1v) is 9.83. The Morgan fingerprint density at radius 2 is 2.07 bits per heavy atom. The van der Waals surface area contributed by atoms with Crippen LogP contribution in [0.5, 0.6) is 0 Å². The highest BCUT2D eigenvalue weighted by Gasteiger charge is 2.34. The molecule has 1 aliphatic carbocycles. The van der Waals surface area contributed by atoms with Crippen molar-refractivity contribution in [2.75, 3.05) is 5.75 Å². The smallest absolute Gasteiger partial charge is 0.433 e. The van der Waals surface area contributed by atoms with Crippen LogP contribution in [-0.2, 0) is 11.0 Å². The Hall–Kier alpha value is -2.03. The van der Waals surface area contributed by atoms with Crippen molar-refractivity contribution < 1.29 is 22.4 Å². The molecule has 3 rings (SSSR count). The molecule has 1 saturated carbocycles. The molecule has 1 fully saturated rings. The Kier molecular flexibility index (Phi) is 6.41. The van der Waals surface area contributed by atoms with E-state index < -0.39 is 11.9 Å². The Bertz CT molecular complexity index is 760. The lowest BCUT2D eigenvalue weighted by Crippen LogP contribution is -2.32. The number of halogens is 3. The van der Waals surface area contributed by atoms with Crippen LogP contribution in [0.4, 0.5) is 13.2 Å². The molecule has 1 amide bonds. The van der Waals surface area contributed by atoms with Crippen LogP contribution in [0.15, 0.2) is 34.0 Å².